The zero-order valence-electron chi connectivity index (χ0n) is 19.0. The lowest BCUT2D eigenvalue weighted by Gasteiger charge is -2.19. The van der Waals surface area contributed by atoms with Crippen molar-refractivity contribution in [3.8, 4) is 0 Å². The predicted octanol–water partition coefficient (Wildman–Crippen LogP) is 0.881. The number of esters is 1. The van der Waals surface area contributed by atoms with E-state index in [1.165, 1.54) is 7.05 Å². The standard InChI is InChI=1S/C23H28N4O6/c1-4-10-26-20(24)19(21(30)25(3)23(26)32)17(28)13-33-22(31)15-11-18(29)27(12-15)16-9-7-6-8-14(16)5-2/h6-9,15H,4-5,10-13,24H2,1-3H3. The number of hydrogen-bond acceptors (Lipinski definition) is 7. The molecule has 1 aromatic carbocycles. The van der Waals surface area contributed by atoms with E-state index >= 15 is 0 Å². The quantitative estimate of drug-likeness (QED) is 0.460. The monoisotopic (exact) mass is 456 g/mol. The number of carbonyl (C=O) groups excluding carboxylic acids is 3. The lowest BCUT2D eigenvalue weighted by molar-refractivity contribution is -0.147. The SMILES string of the molecule is CCCn1c(N)c(C(=O)COC(=O)C2CC(=O)N(c3ccccc3CC)C2)c(=O)n(C)c1=O. The van der Waals surface area contributed by atoms with Crippen LogP contribution in [-0.4, -0.2) is 39.9 Å². The van der Waals surface area contributed by atoms with E-state index in [0.29, 0.717) is 6.42 Å². The third-order valence-corrected chi connectivity index (χ3v) is 5.78. The van der Waals surface area contributed by atoms with E-state index in [1.807, 2.05) is 38.1 Å². The van der Waals surface area contributed by atoms with Gasteiger partial charge in [-0.25, -0.2) is 4.79 Å². The number of Topliss-reactive ketones (excluding diaryl/α,β-unsaturated/α-hetero) is 1. The number of carbonyl (C=O) groups is 3. The largest absolute Gasteiger partial charge is 0.457 e. The van der Waals surface area contributed by atoms with Crippen LogP contribution in [-0.2, 0) is 34.3 Å². The first-order valence-electron chi connectivity index (χ1n) is 10.9. The highest BCUT2D eigenvalue weighted by Crippen LogP contribution is 2.29. The number of hydrogen-bond donors (Lipinski definition) is 1. The minimum absolute atomic E-state index is 0.0314. The van der Waals surface area contributed by atoms with Gasteiger partial charge in [0.25, 0.3) is 5.56 Å². The molecule has 0 radical (unpaired) electrons. The van der Waals surface area contributed by atoms with Gasteiger partial charge in [0.1, 0.15) is 11.4 Å². The molecule has 2 heterocycles. The number of amides is 1. The number of nitrogens with two attached hydrogens (primary N) is 1. The van der Waals surface area contributed by atoms with Crippen molar-refractivity contribution in [2.45, 2.75) is 39.7 Å². The zero-order valence-corrected chi connectivity index (χ0v) is 19.0. The van der Waals surface area contributed by atoms with Crippen molar-refractivity contribution in [1.29, 1.82) is 0 Å². The molecule has 0 spiro atoms. The van der Waals surface area contributed by atoms with Gasteiger partial charge in [0.2, 0.25) is 11.7 Å². The van der Waals surface area contributed by atoms with Gasteiger partial charge < -0.3 is 15.4 Å². The number of para-hydroxylation sites is 1. The van der Waals surface area contributed by atoms with Gasteiger partial charge in [0.15, 0.2) is 6.61 Å². The summed E-state index contributed by atoms with van der Waals surface area (Å²) in [6, 6.07) is 7.47. The summed E-state index contributed by atoms with van der Waals surface area (Å²) in [6.45, 7) is 3.48. The van der Waals surface area contributed by atoms with E-state index in [0.717, 1.165) is 26.8 Å². The summed E-state index contributed by atoms with van der Waals surface area (Å²) in [5.74, 6) is -2.68. The fourth-order valence-electron chi connectivity index (χ4n) is 3.98. The van der Waals surface area contributed by atoms with Crippen molar-refractivity contribution >= 4 is 29.2 Å². The van der Waals surface area contributed by atoms with Crippen molar-refractivity contribution in [2.24, 2.45) is 13.0 Å². The van der Waals surface area contributed by atoms with Crippen LogP contribution in [0.1, 0.15) is 42.6 Å². The van der Waals surface area contributed by atoms with Crippen molar-refractivity contribution < 1.29 is 19.1 Å². The molecule has 1 fully saturated rings. The summed E-state index contributed by atoms with van der Waals surface area (Å²) in [5.41, 5.74) is 5.83. The Morgan fingerprint density at radius 2 is 1.85 bits per heavy atom. The Bertz CT molecular complexity index is 1210. The summed E-state index contributed by atoms with van der Waals surface area (Å²) >= 11 is 0. The molecule has 0 aliphatic carbocycles. The van der Waals surface area contributed by atoms with E-state index in [-0.39, 0.29) is 36.8 Å². The second kappa shape index (κ2) is 9.85. The third-order valence-electron chi connectivity index (χ3n) is 5.78. The number of aryl methyl sites for hydroxylation is 1. The molecule has 2 aromatic rings. The molecule has 1 unspecified atom stereocenters. The van der Waals surface area contributed by atoms with Crippen molar-refractivity contribution in [3.63, 3.8) is 0 Å². The first-order valence-corrected chi connectivity index (χ1v) is 10.9. The number of anilines is 2. The predicted molar refractivity (Wildman–Crippen MR) is 122 cm³/mol. The summed E-state index contributed by atoms with van der Waals surface area (Å²) < 4.78 is 7.11. The molecule has 1 aromatic heterocycles. The molecule has 1 aliphatic heterocycles. The number of rotatable bonds is 8. The molecule has 3 rings (SSSR count). The van der Waals surface area contributed by atoms with Gasteiger partial charge in [0.05, 0.1) is 5.92 Å². The highest BCUT2D eigenvalue weighted by atomic mass is 16.5. The Kier molecular flexibility index (Phi) is 7.15. The van der Waals surface area contributed by atoms with Crippen molar-refractivity contribution in [3.05, 3.63) is 56.2 Å². The molecule has 1 aliphatic rings. The highest BCUT2D eigenvalue weighted by Gasteiger charge is 2.37. The second-order valence-electron chi connectivity index (χ2n) is 7.98. The maximum Gasteiger partial charge on any atom is 0.332 e. The summed E-state index contributed by atoms with van der Waals surface area (Å²) in [7, 11) is 1.26. The van der Waals surface area contributed by atoms with Crippen LogP contribution in [0.5, 0.6) is 0 Å². The fourth-order valence-corrected chi connectivity index (χ4v) is 3.98. The number of nitrogens with zero attached hydrogens (tertiary/aromatic N) is 3. The molecule has 0 bridgehead atoms. The Labute approximate surface area is 190 Å². The van der Waals surface area contributed by atoms with Crippen LogP contribution in [0.4, 0.5) is 11.5 Å². The minimum Gasteiger partial charge on any atom is -0.457 e. The molecule has 10 nitrogen and oxygen atoms in total. The lowest BCUT2D eigenvalue weighted by atomic mass is 10.1. The van der Waals surface area contributed by atoms with E-state index in [1.54, 1.807) is 4.90 Å². The molecular weight excluding hydrogens is 428 g/mol. The van der Waals surface area contributed by atoms with Crippen LogP contribution < -0.4 is 21.9 Å². The summed E-state index contributed by atoms with van der Waals surface area (Å²) in [5, 5.41) is 0. The first kappa shape index (κ1) is 24.0. The number of ketones is 1. The molecule has 2 N–H and O–H groups in total. The lowest BCUT2D eigenvalue weighted by Crippen LogP contribution is -2.43. The Morgan fingerprint density at radius 3 is 2.52 bits per heavy atom. The summed E-state index contributed by atoms with van der Waals surface area (Å²) in [4.78, 5) is 64.1. The van der Waals surface area contributed by atoms with E-state index < -0.39 is 35.5 Å². The van der Waals surface area contributed by atoms with Crippen molar-refractivity contribution in [2.75, 3.05) is 23.8 Å². The molecule has 1 amide bonds. The third kappa shape index (κ3) is 4.59. The Morgan fingerprint density at radius 1 is 1.15 bits per heavy atom. The van der Waals surface area contributed by atoms with Crippen LogP contribution in [0.3, 0.4) is 0 Å². The van der Waals surface area contributed by atoms with Gasteiger partial charge in [0, 0.05) is 32.2 Å². The Hall–Kier alpha value is -3.69. The van der Waals surface area contributed by atoms with E-state index in [4.69, 9.17) is 10.5 Å². The topological polar surface area (TPSA) is 134 Å². The molecule has 0 saturated carbocycles. The minimum atomic E-state index is -0.843. The molecule has 10 heteroatoms. The van der Waals surface area contributed by atoms with Gasteiger partial charge in [-0.15, -0.1) is 0 Å². The average Bonchev–Trinajstić information content (AvgIpc) is 3.20. The molecular formula is C23H28N4O6. The van der Waals surface area contributed by atoms with Crippen LogP contribution in [0.15, 0.2) is 33.9 Å². The van der Waals surface area contributed by atoms with Gasteiger partial charge in [-0.1, -0.05) is 32.0 Å². The van der Waals surface area contributed by atoms with E-state index in [2.05, 4.69) is 0 Å². The van der Waals surface area contributed by atoms with Crippen molar-refractivity contribution in [1.82, 2.24) is 9.13 Å². The summed E-state index contributed by atoms with van der Waals surface area (Å²) in [6.07, 6.45) is 1.27. The van der Waals surface area contributed by atoms with Gasteiger partial charge in [-0.05, 0) is 24.5 Å². The maximum absolute atomic E-state index is 12.7. The fraction of sp³-hybridized carbons (Fsp3) is 0.435. The van der Waals surface area contributed by atoms with Gasteiger partial charge in [-0.3, -0.25) is 28.3 Å². The normalized spacial score (nSPS) is 15.7. The number of ether oxygens (including phenoxy) is 1. The second-order valence-corrected chi connectivity index (χ2v) is 7.98. The first-order chi connectivity index (χ1) is 15.7. The van der Waals surface area contributed by atoms with Crippen LogP contribution >= 0.6 is 0 Å². The van der Waals surface area contributed by atoms with Crippen LogP contribution in [0.2, 0.25) is 0 Å². The zero-order chi connectivity index (χ0) is 24.3. The number of aromatic nitrogens is 2. The van der Waals surface area contributed by atoms with Crippen LogP contribution in [0.25, 0.3) is 0 Å². The molecule has 1 atom stereocenters. The smallest absolute Gasteiger partial charge is 0.332 e. The number of benzene rings is 1. The Balaban J connectivity index is 1.73. The molecule has 176 valence electrons. The maximum atomic E-state index is 12.7. The highest BCUT2D eigenvalue weighted by molar-refractivity contribution is 6.02. The van der Waals surface area contributed by atoms with Crippen LogP contribution in [0, 0.1) is 5.92 Å². The van der Waals surface area contributed by atoms with Gasteiger partial charge >= 0.3 is 11.7 Å². The number of nitrogen functional groups attached to an aromatic ring is 1. The van der Waals surface area contributed by atoms with Gasteiger partial charge in [-0.2, -0.15) is 0 Å². The average molecular weight is 456 g/mol. The molecule has 33 heavy (non-hydrogen) atoms. The van der Waals surface area contributed by atoms with E-state index in [9.17, 15) is 24.0 Å². The molecule has 1 saturated heterocycles.